The zero-order chi connectivity index (χ0) is 17.3. The molecule has 1 aliphatic heterocycles. The van der Waals surface area contributed by atoms with Gasteiger partial charge in [-0.1, -0.05) is 0 Å². The first kappa shape index (κ1) is 15.9. The summed E-state index contributed by atoms with van der Waals surface area (Å²) in [7, 11) is 0. The van der Waals surface area contributed by atoms with E-state index in [1.54, 1.807) is 6.07 Å². The number of nitrogens with one attached hydrogen (secondary N) is 2. The number of halogens is 2. The molecule has 0 unspecified atom stereocenters. The van der Waals surface area contributed by atoms with E-state index in [0.717, 1.165) is 10.6 Å². The third kappa shape index (κ3) is 2.90. The number of hydrogen-bond acceptors (Lipinski definition) is 3. The van der Waals surface area contributed by atoms with Crippen LogP contribution >= 0.6 is 0 Å². The van der Waals surface area contributed by atoms with E-state index < -0.39 is 24.0 Å². The van der Waals surface area contributed by atoms with Crippen molar-refractivity contribution >= 4 is 17.5 Å². The van der Waals surface area contributed by atoms with Crippen molar-refractivity contribution in [2.75, 3.05) is 12.0 Å². The fraction of sp³-hybridized carbons (Fsp3) is 0.188. The topological polar surface area (TPSA) is 80.2 Å². The van der Waals surface area contributed by atoms with E-state index in [9.17, 15) is 23.2 Å². The Hall–Kier alpha value is -3.03. The van der Waals surface area contributed by atoms with Crippen molar-refractivity contribution in [2.45, 2.75) is 13.1 Å². The predicted molar refractivity (Wildman–Crippen MR) is 82.2 cm³/mol. The number of aromatic nitrogens is 1. The maximum atomic E-state index is 13.6. The number of nitrogens with zero attached hydrogens (tertiary/aromatic N) is 1. The van der Waals surface area contributed by atoms with Crippen LogP contribution in [0.4, 0.5) is 14.5 Å². The molecule has 0 radical (unpaired) electrons. The van der Waals surface area contributed by atoms with E-state index in [0.29, 0.717) is 17.7 Å². The first-order valence-electron chi connectivity index (χ1n) is 7.18. The van der Waals surface area contributed by atoms with Gasteiger partial charge in [-0.15, -0.1) is 0 Å². The fourth-order valence-electron chi connectivity index (χ4n) is 2.50. The van der Waals surface area contributed by atoms with E-state index in [4.69, 9.17) is 0 Å². The lowest BCUT2D eigenvalue weighted by atomic mass is 10.1. The molecular weight excluding hydrogens is 320 g/mol. The number of amides is 2. The highest BCUT2D eigenvalue weighted by Crippen LogP contribution is 2.18. The maximum absolute atomic E-state index is 13.6. The van der Waals surface area contributed by atoms with Crippen LogP contribution in [-0.4, -0.2) is 23.1 Å². The molecule has 1 aromatic carbocycles. The van der Waals surface area contributed by atoms with Gasteiger partial charge in [-0.05, 0) is 23.8 Å². The Labute approximate surface area is 135 Å². The number of benzene rings is 1. The number of aryl methyl sites for hydroxylation is 1. The van der Waals surface area contributed by atoms with Crippen molar-refractivity contribution in [1.29, 1.82) is 0 Å². The molecule has 2 aromatic rings. The minimum atomic E-state index is -1.08. The number of carbonyl (C=O) groups excluding carboxylic acids is 2. The molecule has 0 saturated carbocycles. The maximum Gasteiger partial charge on any atom is 0.286 e. The lowest BCUT2D eigenvalue weighted by molar-refractivity contribution is 0.0964. The number of alkyl halides is 1. The summed E-state index contributed by atoms with van der Waals surface area (Å²) in [5.74, 6) is -1.80. The summed E-state index contributed by atoms with van der Waals surface area (Å²) < 4.78 is 26.8. The number of hydrogen-bond donors (Lipinski definition) is 2. The molecule has 0 bridgehead atoms. The molecule has 0 saturated heterocycles. The average molecular weight is 333 g/mol. The third-order valence-corrected chi connectivity index (χ3v) is 3.68. The molecule has 124 valence electrons. The molecule has 0 aliphatic carbocycles. The van der Waals surface area contributed by atoms with E-state index in [-0.39, 0.29) is 23.7 Å². The van der Waals surface area contributed by atoms with Gasteiger partial charge in [0.25, 0.3) is 17.4 Å². The quantitative estimate of drug-likeness (QED) is 0.889. The molecule has 2 amide bonds. The SMILES string of the molecule is O=C(Nc1cc(F)c(=O)n(CCF)c1)c1ccc2c(c1)CNC2=O. The molecule has 2 heterocycles. The molecule has 8 heteroatoms. The highest BCUT2D eigenvalue weighted by atomic mass is 19.1. The zero-order valence-corrected chi connectivity index (χ0v) is 12.4. The molecular formula is C16H13F2N3O3. The van der Waals surface area contributed by atoms with Gasteiger partial charge in [0, 0.05) is 29.9 Å². The van der Waals surface area contributed by atoms with E-state index in [1.165, 1.54) is 18.3 Å². The Morgan fingerprint density at radius 1 is 1.29 bits per heavy atom. The molecule has 0 spiro atoms. The highest BCUT2D eigenvalue weighted by Gasteiger charge is 2.20. The Morgan fingerprint density at radius 2 is 2.08 bits per heavy atom. The van der Waals surface area contributed by atoms with Gasteiger partial charge in [-0.25, -0.2) is 8.78 Å². The van der Waals surface area contributed by atoms with Crippen LogP contribution < -0.4 is 16.2 Å². The molecule has 2 N–H and O–H groups in total. The second-order valence-corrected chi connectivity index (χ2v) is 5.27. The van der Waals surface area contributed by atoms with Gasteiger partial charge in [0.05, 0.1) is 12.2 Å². The summed E-state index contributed by atoms with van der Waals surface area (Å²) in [6.07, 6.45) is 1.18. The van der Waals surface area contributed by atoms with Crippen molar-refractivity contribution in [3.8, 4) is 0 Å². The zero-order valence-electron chi connectivity index (χ0n) is 12.4. The van der Waals surface area contributed by atoms with Gasteiger partial charge in [0.15, 0.2) is 5.82 Å². The standard InChI is InChI=1S/C16H13F2N3O3/c17-3-4-21-8-11(6-13(18)16(21)24)20-14(22)9-1-2-12-10(5-9)7-19-15(12)23/h1-2,5-6,8H,3-4,7H2,(H,19,23)(H,20,22). The van der Waals surface area contributed by atoms with Crippen LogP contribution in [0.5, 0.6) is 0 Å². The van der Waals surface area contributed by atoms with E-state index in [1.807, 2.05) is 0 Å². The molecule has 24 heavy (non-hydrogen) atoms. The largest absolute Gasteiger partial charge is 0.348 e. The van der Waals surface area contributed by atoms with Crippen LogP contribution in [0.15, 0.2) is 35.3 Å². The summed E-state index contributed by atoms with van der Waals surface area (Å²) in [6, 6.07) is 5.47. The molecule has 1 aromatic heterocycles. The van der Waals surface area contributed by atoms with Gasteiger partial charge in [-0.3, -0.25) is 14.4 Å². The van der Waals surface area contributed by atoms with Crippen LogP contribution in [-0.2, 0) is 13.1 Å². The lowest BCUT2D eigenvalue weighted by Gasteiger charge is -2.09. The number of anilines is 1. The van der Waals surface area contributed by atoms with Crippen LogP contribution in [0.1, 0.15) is 26.3 Å². The molecule has 0 atom stereocenters. The Balaban J connectivity index is 1.85. The monoisotopic (exact) mass is 333 g/mol. The Bertz CT molecular complexity index is 893. The van der Waals surface area contributed by atoms with Crippen LogP contribution in [0, 0.1) is 5.82 Å². The summed E-state index contributed by atoms with van der Waals surface area (Å²) >= 11 is 0. The van der Waals surface area contributed by atoms with Crippen molar-refractivity contribution in [1.82, 2.24) is 9.88 Å². The molecule has 1 aliphatic rings. The highest BCUT2D eigenvalue weighted by molar-refractivity contribution is 6.06. The van der Waals surface area contributed by atoms with Crippen molar-refractivity contribution in [2.24, 2.45) is 0 Å². The van der Waals surface area contributed by atoms with Crippen molar-refractivity contribution in [3.63, 3.8) is 0 Å². The van der Waals surface area contributed by atoms with Crippen LogP contribution in [0.2, 0.25) is 0 Å². The normalized spacial score (nSPS) is 12.7. The van der Waals surface area contributed by atoms with Gasteiger partial charge in [0.2, 0.25) is 0 Å². The van der Waals surface area contributed by atoms with Crippen molar-refractivity contribution < 1.29 is 18.4 Å². The molecule has 3 rings (SSSR count). The summed E-state index contributed by atoms with van der Waals surface area (Å²) in [5, 5.41) is 5.10. The smallest absolute Gasteiger partial charge is 0.286 e. The Morgan fingerprint density at radius 3 is 2.83 bits per heavy atom. The fourth-order valence-corrected chi connectivity index (χ4v) is 2.50. The predicted octanol–water partition coefficient (Wildman–Crippen LogP) is 1.45. The summed E-state index contributed by atoms with van der Waals surface area (Å²) in [4.78, 5) is 35.2. The number of pyridine rings is 1. The molecule has 6 nitrogen and oxygen atoms in total. The number of fused-ring (bicyclic) bond motifs is 1. The third-order valence-electron chi connectivity index (χ3n) is 3.68. The molecule has 0 fully saturated rings. The second kappa shape index (κ2) is 6.23. The lowest BCUT2D eigenvalue weighted by Crippen LogP contribution is -2.25. The minimum absolute atomic E-state index is 0.0419. The second-order valence-electron chi connectivity index (χ2n) is 5.27. The van der Waals surface area contributed by atoms with Crippen LogP contribution in [0.3, 0.4) is 0 Å². The Kier molecular flexibility index (Phi) is 4.11. The van der Waals surface area contributed by atoms with Gasteiger partial charge >= 0.3 is 0 Å². The van der Waals surface area contributed by atoms with Gasteiger partial charge in [0.1, 0.15) is 6.67 Å². The minimum Gasteiger partial charge on any atom is -0.348 e. The number of carbonyl (C=O) groups is 2. The summed E-state index contributed by atoms with van der Waals surface area (Å²) in [6.45, 7) is -0.792. The van der Waals surface area contributed by atoms with Gasteiger partial charge in [-0.2, -0.15) is 0 Å². The first-order chi connectivity index (χ1) is 11.5. The van der Waals surface area contributed by atoms with Crippen molar-refractivity contribution in [3.05, 3.63) is 63.3 Å². The summed E-state index contributed by atoms with van der Waals surface area (Å²) in [5.41, 5.74) is 0.581. The van der Waals surface area contributed by atoms with E-state index in [2.05, 4.69) is 10.6 Å². The first-order valence-corrected chi connectivity index (χ1v) is 7.18. The number of rotatable bonds is 4. The van der Waals surface area contributed by atoms with E-state index >= 15 is 0 Å². The average Bonchev–Trinajstić information content (AvgIpc) is 2.93. The van der Waals surface area contributed by atoms with Crippen LogP contribution in [0.25, 0.3) is 0 Å². The van der Waals surface area contributed by atoms with Gasteiger partial charge < -0.3 is 15.2 Å².